The second-order valence-corrected chi connectivity index (χ2v) is 5.33. The third-order valence-electron chi connectivity index (χ3n) is 2.96. The average Bonchev–Trinajstić information content (AvgIpc) is 3.04. The van der Waals surface area contributed by atoms with Crippen molar-refractivity contribution in [3.63, 3.8) is 0 Å². The predicted octanol–water partition coefficient (Wildman–Crippen LogP) is 3.97. The van der Waals surface area contributed by atoms with Crippen molar-refractivity contribution in [1.82, 2.24) is 4.98 Å². The Balaban J connectivity index is 1.99. The first-order chi connectivity index (χ1) is 7.69. The van der Waals surface area contributed by atoms with Crippen molar-refractivity contribution in [3.05, 3.63) is 22.6 Å². The fourth-order valence-electron chi connectivity index (χ4n) is 1.80. The maximum absolute atomic E-state index is 13.5. The summed E-state index contributed by atoms with van der Waals surface area (Å²) < 4.78 is 14.2. The Bertz CT molecular complexity index is 366. The number of halogens is 2. The van der Waals surface area contributed by atoms with E-state index in [9.17, 15) is 4.39 Å². The second kappa shape index (κ2) is 5.13. The minimum absolute atomic E-state index is 0.288. The summed E-state index contributed by atoms with van der Waals surface area (Å²) in [7, 11) is 0. The highest BCUT2D eigenvalue weighted by Gasteiger charge is 2.25. The molecule has 1 aliphatic rings. The molecule has 0 radical (unpaired) electrons. The molecule has 1 unspecified atom stereocenters. The highest BCUT2D eigenvalue weighted by atomic mass is 79.9. The van der Waals surface area contributed by atoms with Gasteiger partial charge in [0.25, 0.3) is 0 Å². The topological polar surface area (TPSA) is 24.9 Å². The molecule has 1 N–H and O–H groups in total. The van der Waals surface area contributed by atoms with Crippen molar-refractivity contribution < 1.29 is 4.39 Å². The molecule has 0 saturated heterocycles. The first kappa shape index (κ1) is 11.8. The summed E-state index contributed by atoms with van der Waals surface area (Å²) in [6.45, 7) is 2.12. The van der Waals surface area contributed by atoms with E-state index in [0.717, 1.165) is 18.8 Å². The zero-order chi connectivity index (χ0) is 11.5. The molecule has 0 aliphatic heterocycles. The number of aromatic nitrogens is 1. The van der Waals surface area contributed by atoms with Crippen LogP contribution in [0.1, 0.15) is 32.6 Å². The SMILES string of the molecule is CCC(CC1CC1)Nc1ncc(Br)cc1F. The monoisotopic (exact) mass is 286 g/mol. The highest BCUT2D eigenvalue weighted by Crippen LogP contribution is 2.34. The lowest BCUT2D eigenvalue weighted by Crippen LogP contribution is -2.20. The van der Waals surface area contributed by atoms with Gasteiger partial charge in [-0.2, -0.15) is 0 Å². The van der Waals surface area contributed by atoms with Gasteiger partial charge in [-0.15, -0.1) is 0 Å². The Kier molecular flexibility index (Phi) is 3.79. The fraction of sp³-hybridized carbons (Fsp3) is 0.583. The molecule has 2 nitrogen and oxygen atoms in total. The summed E-state index contributed by atoms with van der Waals surface area (Å²) in [5.74, 6) is 0.926. The van der Waals surface area contributed by atoms with Crippen LogP contribution in [0.5, 0.6) is 0 Å². The van der Waals surface area contributed by atoms with Crippen LogP contribution in [0.25, 0.3) is 0 Å². The van der Waals surface area contributed by atoms with E-state index in [0.29, 0.717) is 16.3 Å². The summed E-state index contributed by atoms with van der Waals surface area (Å²) in [6.07, 6.45) is 6.42. The Hall–Kier alpha value is -0.640. The van der Waals surface area contributed by atoms with Crippen LogP contribution < -0.4 is 5.32 Å². The van der Waals surface area contributed by atoms with E-state index >= 15 is 0 Å². The van der Waals surface area contributed by atoms with Crippen LogP contribution in [0.15, 0.2) is 16.7 Å². The number of hydrogen-bond acceptors (Lipinski definition) is 2. The largest absolute Gasteiger partial charge is 0.365 e. The van der Waals surface area contributed by atoms with Gasteiger partial charge in [-0.3, -0.25) is 0 Å². The molecule has 1 aliphatic carbocycles. The van der Waals surface area contributed by atoms with E-state index in [1.807, 2.05) is 0 Å². The molecular weight excluding hydrogens is 271 g/mol. The smallest absolute Gasteiger partial charge is 0.166 e. The maximum atomic E-state index is 13.5. The minimum atomic E-state index is -0.288. The molecule has 1 atom stereocenters. The molecular formula is C12H16BrFN2. The highest BCUT2D eigenvalue weighted by molar-refractivity contribution is 9.10. The van der Waals surface area contributed by atoms with Crippen LogP contribution in [0.2, 0.25) is 0 Å². The van der Waals surface area contributed by atoms with Crippen molar-refractivity contribution >= 4 is 21.7 Å². The summed E-state index contributed by atoms with van der Waals surface area (Å²) in [6, 6.07) is 1.79. The standard InChI is InChI=1S/C12H16BrFN2/c1-2-10(5-8-3-4-8)16-12-11(14)6-9(13)7-15-12/h6-8,10H,2-5H2,1H3,(H,15,16). The Morgan fingerprint density at radius 3 is 2.94 bits per heavy atom. The molecule has 1 saturated carbocycles. The van der Waals surface area contributed by atoms with Gasteiger partial charge in [0, 0.05) is 16.7 Å². The van der Waals surface area contributed by atoms with Gasteiger partial charge in [-0.25, -0.2) is 9.37 Å². The number of hydrogen-bond donors (Lipinski definition) is 1. The third kappa shape index (κ3) is 3.17. The van der Waals surface area contributed by atoms with E-state index < -0.39 is 0 Å². The molecule has 88 valence electrons. The van der Waals surface area contributed by atoms with Crippen molar-refractivity contribution in [1.29, 1.82) is 0 Å². The number of anilines is 1. The molecule has 0 bridgehead atoms. The number of nitrogens with zero attached hydrogens (tertiary/aromatic N) is 1. The van der Waals surface area contributed by atoms with Crippen LogP contribution in [-0.2, 0) is 0 Å². The zero-order valence-corrected chi connectivity index (χ0v) is 10.9. The Labute approximate surface area is 104 Å². The number of nitrogens with one attached hydrogen (secondary N) is 1. The summed E-state index contributed by atoms with van der Waals surface area (Å²) in [5, 5.41) is 3.19. The van der Waals surface area contributed by atoms with Crippen LogP contribution >= 0.6 is 15.9 Å². The van der Waals surface area contributed by atoms with E-state index in [1.165, 1.54) is 18.9 Å². The molecule has 0 amide bonds. The quantitative estimate of drug-likeness (QED) is 0.886. The van der Waals surface area contributed by atoms with Gasteiger partial charge < -0.3 is 5.32 Å². The molecule has 1 aromatic rings. The van der Waals surface area contributed by atoms with Crippen LogP contribution in [0, 0.1) is 11.7 Å². The Morgan fingerprint density at radius 1 is 1.62 bits per heavy atom. The average molecular weight is 287 g/mol. The lowest BCUT2D eigenvalue weighted by molar-refractivity contribution is 0.570. The van der Waals surface area contributed by atoms with Crippen molar-refractivity contribution in [2.24, 2.45) is 5.92 Å². The molecule has 0 spiro atoms. The number of pyridine rings is 1. The van der Waals surface area contributed by atoms with Crippen molar-refractivity contribution in [2.45, 2.75) is 38.6 Å². The second-order valence-electron chi connectivity index (χ2n) is 4.41. The lowest BCUT2D eigenvalue weighted by atomic mass is 10.1. The first-order valence-electron chi connectivity index (χ1n) is 5.76. The molecule has 1 heterocycles. The Morgan fingerprint density at radius 2 is 2.38 bits per heavy atom. The minimum Gasteiger partial charge on any atom is -0.365 e. The molecule has 0 aromatic carbocycles. The maximum Gasteiger partial charge on any atom is 0.166 e. The third-order valence-corrected chi connectivity index (χ3v) is 3.39. The summed E-state index contributed by atoms with van der Waals surface area (Å²) in [4.78, 5) is 4.06. The van der Waals surface area contributed by atoms with Gasteiger partial charge >= 0.3 is 0 Å². The predicted molar refractivity (Wildman–Crippen MR) is 66.9 cm³/mol. The van der Waals surface area contributed by atoms with E-state index in [1.54, 1.807) is 6.20 Å². The summed E-state index contributed by atoms with van der Waals surface area (Å²) in [5.41, 5.74) is 0. The fourth-order valence-corrected chi connectivity index (χ4v) is 2.10. The van der Waals surface area contributed by atoms with Gasteiger partial charge in [0.05, 0.1) is 0 Å². The molecule has 1 fully saturated rings. The van der Waals surface area contributed by atoms with E-state index in [-0.39, 0.29) is 5.82 Å². The van der Waals surface area contributed by atoms with Crippen LogP contribution in [-0.4, -0.2) is 11.0 Å². The van der Waals surface area contributed by atoms with Crippen molar-refractivity contribution in [3.8, 4) is 0 Å². The van der Waals surface area contributed by atoms with E-state index in [4.69, 9.17) is 0 Å². The lowest BCUT2D eigenvalue weighted by Gasteiger charge is -2.17. The number of rotatable bonds is 5. The van der Waals surface area contributed by atoms with Gasteiger partial charge in [0.15, 0.2) is 11.6 Å². The van der Waals surface area contributed by atoms with Gasteiger partial charge in [0.2, 0.25) is 0 Å². The van der Waals surface area contributed by atoms with E-state index in [2.05, 4.69) is 33.2 Å². The molecule has 1 aromatic heterocycles. The van der Waals surface area contributed by atoms with Crippen molar-refractivity contribution in [2.75, 3.05) is 5.32 Å². The van der Waals surface area contributed by atoms with Crippen LogP contribution in [0.4, 0.5) is 10.2 Å². The van der Waals surface area contributed by atoms with Crippen LogP contribution in [0.3, 0.4) is 0 Å². The summed E-state index contributed by atoms with van der Waals surface area (Å²) >= 11 is 3.20. The molecule has 16 heavy (non-hydrogen) atoms. The van der Waals surface area contributed by atoms with Gasteiger partial charge in [0.1, 0.15) is 0 Å². The van der Waals surface area contributed by atoms with Gasteiger partial charge in [-0.1, -0.05) is 19.8 Å². The first-order valence-corrected chi connectivity index (χ1v) is 6.56. The van der Waals surface area contributed by atoms with Gasteiger partial charge in [-0.05, 0) is 40.8 Å². The molecule has 4 heteroatoms. The zero-order valence-electron chi connectivity index (χ0n) is 9.34. The molecule has 2 rings (SSSR count). The normalized spacial score (nSPS) is 17.2.